The lowest BCUT2D eigenvalue weighted by Gasteiger charge is -2.40. The molecule has 6 heteroatoms. The molecule has 1 aromatic rings. The number of aromatic carboxylic acids is 1. The van der Waals surface area contributed by atoms with Gasteiger partial charge in [-0.1, -0.05) is 20.8 Å². The van der Waals surface area contributed by atoms with Gasteiger partial charge in [0.25, 0.3) is 0 Å². The van der Waals surface area contributed by atoms with Crippen molar-refractivity contribution < 1.29 is 9.90 Å². The molecule has 0 aliphatic carbocycles. The monoisotopic (exact) mass is 292 g/mol. The molecule has 1 aliphatic heterocycles. The van der Waals surface area contributed by atoms with Crippen LogP contribution in [0.4, 0.5) is 5.69 Å². The summed E-state index contributed by atoms with van der Waals surface area (Å²) in [6, 6.07) is 0.435. The molecule has 116 valence electrons. The number of piperazine rings is 1. The van der Waals surface area contributed by atoms with Crippen LogP contribution in [-0.2, 0) is 0 Å². The average molecular weight is 292 g/mol. The van der Waals surface area contributed by atoms with Crippen molar-refractivity contribution >= 4 is 11.7 Å². The Hall–Kier alpha value is -1.69. The van der Waals surface area contributed by atoms with Gasteiger partial charge in [0.05, 0.1) is 11.9 Å². The van der Waals surface area contributed by atoms with Crippen molar-refractivity contribution in [3.05, 3.63) is 17.7 Å². The van der Waals surface area contributed by atoms with Crippen LogP contribution in [0.25, 0.3) is 0 Å². The molecule has 0 spiro atoms. The highest BCUT2D eigenvalue weighted by Gasteiger charge is 2.27. The quantitative estimate of drug-likeness (QED) is 0.913. The van der Waals surface area contributed by atoms with Crippen molar-refractivity contribution in [3.8, 4) is 0 Å². The van der Waals surface area contributed by atoms with Crippen molar-refractivity contribution in [1.82, 2.24) is 14.9 Å². The second-order valence-corrected chi connectivity index (χ2v) is 5.91. The lowest BCUT2D eigenvalue weighted by atomic mass is 10.1. The topological polar surface area (TPSA) is 69.6 Å². The Balaban J connectivity index is 2.32. The van der Waals surface area contributed by atoms with E-state index >= 15 is 0 Å². The summed E-state index contributed by atoms with van der Waals surface area (Å²) >= 11 is 0. The van der Waals surface area contributed by atoms with Gasteiger partial charge in [-0.15, -0.1) is 0 Å². The van der Waals surface area contributed by atoms with E-state index in [-0.39, 0.29) is 11.6 Å². The van der Waals surface area contributed by atoms with Crippen molar-refractivity contribution in [2.24, 2.45) is 0 Å². The van der Waals surface area contributed by atoms with E-state index in [9.17, 15) is 9.90 Å². The minimum atomic E-state index is -0.985. The van der Waals surface area contributed by atoms with E-state index < -0.39 is 5.97 Å². The molecule has 0 amide bonds. The Bertz CT molecular complexity index is 518. The van der Waals surface area contributed by atoms with Gasteiger partial charge in [0, 0.05) is 31.6 Å². The lowest BCUT2D eigenvalue weighted by molar-refractivity contribution is 0.0690. The molecule has 1 fully saturated rings. The molecule has 0 aromatic carbocycles. The maximum absolute atomic E-state index is 11.5. The highest BCUT2D eigenvalue weighted by atomic mass is 16.4. The third kappa shape index (κ3) is 3.32. The maximum Gasteiger partial charge on any atom is 0.356 e. The smallest absolute Gasteiger partial charge is 0.356 e. The van der Waals surface area contributed by atoms with Crippen molar-refractivity contribution in [3.63, 3.8) is 0 Å². The number of carbonyl (C=O) groups is 1. The summed E-state index contributed by atoms with van der Waals surface area (Å²) in [6.45, 7) is 8.62. The molecule has 6 nitrogen and oxygen atoms in total. The zero-order chi connectivity index (χ0) is 15.6. The van der Waals surface area contributed by atoms with Gasteiger partial charge in [0.15, 0.2) is 5.69 Å². The number of carboxylic acids is 1. The highest BCUT2D eigenvalue weighted by Crippen LogP contribution is 2.23. The third-order valence-electron chi connectivity index (χ3n) is 4.10. The minimum Gasteiger partial charge on any atom is -0.476 e. The van der Waals surface area contributed by atoms with Gasteiger partial charge >= 0.3 is 5.97 Å². The Morgan fingerprint density at radius 2 is 2.19 bits per heavy atom. The number of aromatic nitrogens is 2. The first-order valence-electron chi connectivity index (χ1n) is 7.49. The van der Waals surface area contributed by atoms with Gasteiger partial charge in [-0.3, -0.25) is 4.90 Å². The number of carboxylic acid groups (broad SMARTS) is 1. The fourth-order valence-electron chi connectivity index (χ4n) is 2.66. The molecule has 1 aromatic heterocycles. The first-order chi connectivity index (χ1) is 9.93. The van der Waals surface area contributed by atoms with Crippen LogP contribution in [0.15, 0.2) is 6.20 Å². The van der Waals surface area contributed by atoms with Gasteiger partial charge in [-0.2, -0.15) is 0 Å². The zero-order valence-corrected chi connectivity index (χ0v) is 13.2. The van der Waals surface area contributed by atoms with Crippen LogP contribution in [0.2, 0.25) is 0 Å². The minimum absolute atomic E-state index is 0.119. The van der Waals surface area contributed by atoms with Gasteiger partial charge in [-0.25, -0.2) is 14.8 Å². The summed E-state index contributed by atoms with van der Waals surface area (Å²) < 4.78 is 0. The van der Waals surface area contributed by atoms with Crippen LogP contribution in [0.3, 0.4) is 0 Å². The molecule has 2 rings (SSSR count). The van der Waals surface area contributed by atoms with Crippen LogP contribution in [-0.4, -0.2) is 58.7 Å². The molecular formula is C15H24N4O2. The largest absolute Gasteiger partial charge is 0.476 e. The molecule has 0 bridgehead atoms. The first kappa shape index (κ1) is 15.7. The van der Waals surface area contributed by atoms with Crippen LogP contribution >= 0.6 is 0 Å². The second-order valence-electron chi connectivity index (χ2n) is 5.91. The summed E-state index contributed by atoms with van der Waals surface area (Å²) in [5.74, 6) is -0.286. The summed E-state index contributed by atoms with van der Waals surface area (Å²) in [7, 11) is 2.11. The molecule has 1 unspecified atom stereocenters. The van der Waals surface area contributed by atoms with Crippen molar-refractivity contribution in [1.29, 1.82) is 0 Å². The molecular weight excluding hydrogens is 268 g/mol. The van der Waals surface area contributed by atoms with E-state index in [4.69, 9.17) is 0 Å². The summed E-state index contributed by atoms with van der Waals surface area (Å²) in [5, 5.41) is 9.45. The Morgan fingerprint density at radius 1 is 1.48 bits per heavy atom. The zero-order valence-electron chi connectivity index (χ0n) is 13.2. The summed E-state index contributed by atoms with van der Waals surface area (Å²) in [6.07, 6.45) is 2.71. The van der Waals surface area contributed by atoms with Crippen LogP contribution < -0.4 is 4.90 Å². The molecule has 1 N–H and O–H groups in total. The Kier molecular flexibility index (Phi) is 4.77. The molecule has 21 heavy (non-hydrogen) atoms. The summed E-state index contributed by atoms with van der Waals surface area (Å²) in [4.78, 5) is 24.5. The number of rotatable bonds is 4. The highest BCUT2D eigenvalue weighted by molar-refractivity contribution is 5.92. The number of hydrogen-bond donors (Lipinski definition) is 1. The Labute approximate surface area is 125 Å². The van der Waals surface area contributed by atoms with Crippen molar-refractivity contribution in [2.45, 2.75) is 39.2 Å². The fraction of sp³-hybridized carbons (Fsp3) is 0.667. The molecule has 1 saturated heterocycles. The number of nitrogens with zero attached hydrogens (tertiary/aromatic N) is 4. The van der Waals surface area contributed by atoms with E-state index in [2.05, 4.69) is 33.7 Å². The van der Waals surface area contributed by atoms with E-state index in [1.807, 2.05) is 13.8 Å². The van der Waals surface area contributed by atoms with Crippen LogP contribution in [0.1, 0.15) is 49.4 Å². The molecule has 0 saturated carbocycles. The number of anilines is 1. The third-order valence-corrected chi connectivity index (χ3v) is 4.10. The van der Waals surface area contributed by atoms with Gasteiger partial charge in [-0.05, 0) is 13.5 Å². The molecule has 2 heterocycles. The summed E-state index contributed by atoms with van der Waals surface area (Å²) in [5.41, 5.74) is 0.756. The SMILES string of the molecule is CCC1CN(c2cnc(C(C)C)nc2C(=O)O)CCN1C. The Morgan fingerprint density at radius 3 is 2.76 bits per heavy atom. The molecule has 0 radical (unpaired) electrons. The second kappa shape index (κ2) is 6.39. The van der Waals surface area contributed by atoms with E-state index in [0.29, 0.717) is 17.6 Å². The van der Waals surface area contributed by atoms with E-state index in [0.717, 1.165) is 26.1 Å². The van der Waals surface area contributed by atoms with E-state index in [1.54, 1.807) is 6.20 Å². The predicted octanol–water partition coefficient (Wildman–Crippen LogP) is 1.83. The number of likely N-dealkylation sites (N-methyl/N-ethyl adjacent to an activating group) is 1. The normalized spacial score (nSPS) is 20.0. The van der Waals surface area contributed by atoms with Gasteiger partial charge in [0.2, 0.25) is 0 Å². The van der Waals surface area contributed by atoms with Crippen LogP contribution in [0.5, 0.6) is 0 Å². The van der Waals surface area contributed by atoms with Crippen LogP contribution in [0, 0.1) is 0 Å². The van der Waals surface area contributed by atoms with Crippen molar-refractivity contribution in [2.75, 3.05) is 31.6 Å². The first-order valence-corrected chi connectivity index (χ1v) is 7.49. The maximum atomic E-state index is 11.5. The van der Waals surface area contributed by atoms with E-state index in [1.165, 1.54) is 0 Å². The number of hydrogen-bond acceptors (Lipinski definition) is 5. The van der Waals surface area contributed by atoms with Gasteiger partial charge < -0.3 is 10.0 Å². The van der Waals surface area contributed by atoms with Gasteiger partial charge in [0.1, 0.15) is 5.82 Å². The average Bonchev–Trinajstić information content (AvgIpc) is 2.47. The molecule has 1 aliphatic rings. The predicted molar refractivity (Wildman–Crippen MR) is 82.0 cm³/mol. The standard InChI is InChI=1S/C15H24N4O2/c1-5-11-9-19(7-6-18(11)4)12-8-16-14(10(2)3)17-13(12)15(20)21/h8,10-11H,5-7,9H2,1-4H3,(H,20,21). The molecule has 1 atom stereocenters. The fourth-order valence-corrected chi connectivity index (χ4v) is 2.66. The lowest BCUT2D eigenvalue weighted by Crippen LogP contribution is -2.51.